The summed E-state index contributed by atoms with van der Waals surface area (Å²) in [5.41, 5.74) is 1.35. The lowest BCUT2D eigenvalue weighted by Gasteiger charge is -2.14. The molecule has 0 spiro atoms. The predicted molar refractivity (Wildman–Crippen MR) is 72.5 cm³/mol. The maximum absolute atomic E-state index is 5.95. The Morgan fingerprint density at radius 2 is 2.21 bits per heavy atom. The number of rotatable bonds is 6. The van der Waals surface area contributed by atoms with E-state index in [1.165, 1.54) is 6.33 Å². The van der Waals surface area contributed by atoms with Crippen LogP contribution in [0.2, 0.25) is 0 Å². The third-order valence-corrected chi connectivity index (χ3v) is 3.02. The van der Waals surface area contributed by atoms with Crippen LogP contribution < -0.4 is 4.74 Å². The van der Waals surface area contributed by atoms with Gasteiger partial charge < -0.3 is 14.0 Å². The molecule has 1 atom stereocenters. The Hall–Kier alpha value is -1.40. The molecule has 19 heavy (non-hydrogen) atoms. The van der Waals surface area contributed by atoms with Crippen molar-refractivity contribution >= 4 is 22.8 Å². The molecule has 0 saturated heterocycles. The molecule has 2 rings (SSSR count). The van der Waals surface area contributed by atoms with Gasteiger partial charge in [-0.3, -0.25) is 0 Å². The third kappa shape index (κ3) is 2.79. The minimum atomic E-state index is 0.0605. The first kappa shape index (κ1) is 14.0. The maximum Gasteiger partial charge on any atom is 0.245 e. The molecular formula is C12H17ClN4O2. The van der Waals surface area contributed by atoms with Crippen LogP contribution in [0.1, 0.15) is 19.7 Å². The van der Waals surface area contributed by atoms with Crippen LogP contribution in [0.4, 0.5) is 0 Å². The molecule has 2 aromatic rings. The van der Waals surface area contributed by atoms with Crippen LogP contribution in [0, 0.1) is 0 Å². The highest BCUT2D eigenvalue weighted by Gasteiger charge is 2.17. The summed E-state index contributed by atoms with van der Waals surface area (Å²) in [6.07, 6.45) is 1.52. The Bertz CT molecular complexity index is 558. The highest BCUT2D eigenvalue weighted by atomic mass is 35.5. The molecule has 104 valence electrons. The van der Waals surface area contributed by atoms with Crippen LogP contribution in [-0.2, 0) is 17.2 Å². The van der Waals surface area contributed by atoms with Crippen LogP contribution in [0.15, 0.2) is 6.33 Å². The topological polar surface area (TPSA) is 62.1 Å². The molecule has 0 bridgehead atoms. The van der Waals surface area contributed by atoms with Crippen LogP contribution in [0.3, 0.4) is 0 Å². The van der Waals surface area contributed by atoms with E-state index in [4.69, 9.17) is 21.1 Å². The number of nitrogens with zero attached hydrogens (tertiary/aromatic N) is 4. The van der Waals surface area contributed by atoms with Gasteiger partial charge in [-0.2, -0.15) is 4.98 Å². The van der Waals surface area contributed by atoms with Gasteiger partial charge in [0.2, 0.25) is 5.88 Å². The van der Waals surface area contributed by atoms with E-state index in [9.17, 15) is 0 Å². The first-order chi connectivity index (χ1) is 9.21. The van der Waals surface area contributed by atoms with E-state index in [2.05, 4.69) is 15.0 Å². The number of methoxy groups -OCH3 is 1. The number of ether oxygens (including phenoxy) is 2. The molecule has 2 aromatic heterocycles. The van der Waals surface area contributed by atoms with Crippen LogP contribution >= 0.6 is 11.6 Å². The average molecular weight is 285 g/mol. The number of hydrogen-bond donors (Lipinski definition) is 0. The maximum atomic E-state index is 5.95. The van der Waals surface area contributed by atoms with Gasteiger partial charge in [0.25, 0.3) is 0 Å². The molecule has 7 heteroatoms. The van der Waals surface area contributed by atoms with Crippen molar-refractivity contribution in [2.45, 2.75) is 32.4 Å². The number of imidazole rings is 1. The molecule has 0 aliphatic carbocycles. The van der Waals surface area contributed by atoms with Gasteiger partial charge in [0.05, 0.1) is 25.6 Å². The summed E-state index contributed by atoms with van der Waals surface area (Å²) in [7, 11) is 1.56. The van der Waals surface area contributed by atoms with E-state index in [0.29, 0.717) is 36.1 Å². The summed E-state index contributed by atoms with van der Waals surface area (Å²) >= 11 is 5.95. The average Bonchev–Trinajstić information content (AvgIpc) is 2.77. The second-order valence-corrected chi connectivity index (χ2v) is 4.36. The Morgan fingerprint density at radius 1 is 1.42 bits per heavy atom. The van der Waals surface area contributed by atoms with Crippen LogP contribution in [0.25, 0.3) is 11.2 Å². The summed E-state index contributed by atoms with van der Waals surface area (Å²) in [5, 5.41) is 0. The predicted octanol–water partition coefficient (Wildman–Crippen LogP) is 2.00. The van der Waals surface area contributed by atoms with Gasteiger partial charge in [-0.1, -0.05) is 0 Å². The van der Waals surface area contributed by atoms with Gasteiger partial charge in [0.15, 0.2) is 11.2 Å². The zero-order valence-corrected chi connectivity index (χ0v) is 12.0. The second kappa shape index (κ2) is 6.16. The van der Waals surface area contributed by atoms with Gasteiger partial charge in [-0.15, -0.1) is 11.6 Å². The monoisotopic (exact) mass is 284 g/mol. The number of fused-ring (bicyclic) bond motifs is 1. The van der Waals surface area contributed by atoms with Crippen LogP contribution in [0.5, 0.6) is 5.88 Å². The highest BCUT2D eigenvalue weighted by molar-refractivity contribution is 6.16. The Labute approximate surface area is 116 Å². The van der Waals surface area contributed by atoms with E-state index < -0.39 is 0 Å². The lowest BCUT2D eigenvalue weighted by atomic mass is 10.4. The van der Waals surface area contributed by atoms with Gasteiger partial charge in [-0.05, 0) is 13.8 Å². The molecular weight excluding hydrogens is 268 g/mol. The Balaban J connectivity index is 2.46. The molecule has 2 heterocycles. The number of halogens is 1. The van der Waals surface area contributed by atoms with Crippen molar-refractivity contribution in [1.82, 2.24) is 19.5 Å². The van der Waals surface area contributed by atoms with E-state index in [0.717, 1.165) is 5.82 Å². The first-order valence-corrected chi connectivity index (χ1v) is 6.66. The number of alkyl halides is 1. The van der Waals surface area contributed by atoms with E-state index in [1.54, 1.807) is 7.11 Å². The van der Waals surface area contributed by atoms with E-state index >= 15 is 0 Å². The standard InChI is InChI=1S/C12H17ClN4O2/c1-4-19-8(2)6-17-9(5-13)16-10-11(17)14-7-15-12(10)18-3/h7-8H,4-6H2,1-3H3. The lowest BCUT2D eigenvalue weighted by molar-refractivity contribution is 0.0642. The molecule has 6 nitrogen and oxygen atoms in total. The summed E-state index contributed by atoms with van der Waals surface area (Å²) in [6.45, 7) is 5.29. The summed E-state index contributed by atoms with van der Waals surface area (Å²) in [5.74, 6) is 1.50. The minimum Gasteiger partial charge on any atom is -0.479 e. The van der Waals surface area contributed by atoms with Crippen molar-refractivity contribution in [3.63, 3.8) is 0 Å². The molecule has 0 radical (unpaired) electrons. The number of hydrogen-bond acceptors (Lipinski definition) is 5. The van der Waals surface area contributed by atoms with Gasteiger partial charge in [0.1, 0.15) is 12.2 Å². The largest absolute Gasteiger partial charge is 0.479 e. The summed E-state index contributed by atoms with van der Waals surface area (Å²) < 4.78 is 12.7. The fourth-order valence-electron chi connectivity index (χ4n) is 2.00. The van der Waals surface area contributed by atoms with Gasteiger partial charge in [-0.25, -0.2) is 9.97 Å². The molecule has 0 N–H and O–H groups in total. The van der Waals surface area contributed by atoms with Crippen LogP contribution in [-0.4, -0.2) is 39.3 Å². The zero-order valence-electron chi connectivity index (χ0n) is 11.3. The van der Waals surface area contributed by atoms with Crippen molar-refractivity contribution in [3.05, 3.63) is 12.2 Å². The third-order valence-electron chi connectivity index (χ3n) is 2.78. The van der Waals surface area contributed by atoms with Crippen molar-refractivity contribution in [2.24, 2.45) is 0 Å². The molecule has 0 fully saturated rings. The first-order valence-electron chi connectivity index (χ1n) is 6.12. The second-order valence-electron chi connectivity index (χ2n) is 4.09. The van der Waals surface area contributed by atoms with Crippen molar-refractivity contribution < 1.29 is 9.47 Å². The van der Waals surface area contributed by atoms with Gasteiger partial charge in [0, 0.05) is 6.61 Å². The van der Waals surface area contributed by atoms with Crippen molar-refractivity contribution in [1.29, 1.82) is 0 Å². The molecule has 0 aliphatic rings. The fourth-order valence-corrected chi connectivity index (χ4v) is 2.20. The van der Waals surface area contributed by atoms with E-state index in [-0.39, 0.29) is 6.10 Å². The zero-order chi connectivity index (χ0) is 13.8. The summed E-state index contributed by atoms with van der Waals surface area (Å²) in [6, 6.07) is 0. The Kier molecular flexibility index (Phi) is 4.55. The van der Waals surface area contributed by atoms with E-state index in [1.807, 2.05) is 18.4 Å². The Morgan fingerprint density at radius 3 is 2.84 bits per heavy atom. The molecule has 1 unspecified atom stereocenters. The quantitative estimate of drug-likeness (QED) is 0.759. The molecule has 0 saturated carbocycles. The van der Waals surface area contributed by atoms with Gasteiger partial charge >= 0.3 is 0 Å². The number of aromatic nitrogens is 4. The molecule has 0 aliphatic heterocycles. The fraction of sp³-hybridized carbons (Fsp3) is 0.583. The highest BCUT2D eigenvalue weighted by Crippen LogP contribution is 2.22. The SMILES string of the molecule is CCOC(C)Cn1c(CCl)nc2c(OC)ncnc21. The lowest BCUT2D eigenvalue weighted by Crippen LogP contribution is -2.18. The molecule has 0 aromatic carbocycles. The minimum absolute atomic E-state index is 0.0605. The normalized spacial score (nSPS) is 12.8. The smallest absolute Gasteiger partial charge is 0.245 e. The van der Waals surface area contributed by atoms with Crippen molar-refractivity contribution in [2.75, 3.05) is 13.7 Å². The molecule has 0 amide bonds. The van der Waals surface area contributed by atoms with Crippen molar-refractivity contribution in [3.8, 4) is 5.88 Å². The summed E-state index contributed by atoms with van der Waals surface area (Å²) in [4.78, 5) is 12.8.